The molecule has 14 heavy (non-hydrogen) atoms. The standard InChI is InChI=1S/C10H16BrNO2/c1-14-9(13)10(5-2-3-7-11)6-4-8-12-10/h2-3,12H,4-8H2,1H3/b3-2-. The van der Waals surface area contributed by atoms with Crippen LogP contribution in [0.4, 0.5) is 0 Å². The van der Waals surface area contributed by atoms with Crippen molar-refractivity contribution in [2.75, 3.05) is 19.0 Å². The Kier molecular flexibility index (Phi) is 4.62. The van der Waals surface area contributed by atoms with Gasteiger partial charge in [-0.1, -0.05) is 28.1 Å². The summed E-state index contributed by atoms with van der Waals surface area (Å²) in [6, 6.07) is 0. The van der Waals surface area contributed by atoms with Crippen molar-refractivity contribution in [2.45, 2.75) is 24.8 Å². The van der Waals surface area contributed by atoms with Gasteiger partial charge in [0.2, 0.25) is 0 Å². The number of carbonyl (C=O) groups excluding carboxylic acids is 1. The number of nitrogens with one attached hydrogen (secondary N) is 1. The number of halogens is 1. The van der Waals surface area contributed by atoms with Crippen molar-refractivity contribution in [3.8, 4) is 0 Å². The van der Waals surface area contributed by atoms with E-state index in [4.69, 9.17) is 4.74 Å². The Morgan fingerprint density at radius 1 is 1.64 bits per heavy atom. The number of alkyl halides is 1. The lowest BCUT2D eigenvalue weighted by molar-refractivity contribution is -0.147. The lowest BCUT2D eigenvalue weighted by Gasteiger charge is -2.24. The van der Waals surface area contributed by atoms with E-state index in [-0.39, 0.29) is 5.97 Å². The molecule has 1 unspecified atom stereocenters. The smallest absolute Gasteiger partial charge is 0.326 e. The van der Waals surface area contributed by atoms with E-state index in [0.717, 1.165) is 24.7 Å². The van der Waals surface area contributed by atoms with Crippen molar-refractivity contribution < 1.29 is 9.53 Å². The molecule has 3 nitrogen and oxygen atoms in total. The molecule has 0 radical (unpaired) electrons. The summed E-state index contributed by atoms with van der Waals surface area (Å²) in [5, 5.41) is 4.06. The van der Waals surface area contributed by atoms with Gasteiger partial charge in [-0.25, -0.2) is 0 Å². The summed E-state index contributed by atoms with van der Waals surface area (Å²) in [7, 11) is 1.44. The number of esters is 1. The second kappa shape index (κ2) is 5.51. The Morgan fingerprint density at radius 2 is 2.43 bits per heavy atom. The summed E-state index contributed by atoms with van der Waals surface area (Å²) in [6.45, 7) is 0.900. The molecule has 1 aliphatic heterocycles. The Labute approximate surface area is 93.0 Å². The summed E-state index contributed by atoms with van der Waals surface area (Å²) in [5.41, 5.74) is -0.465. The molecule has 1 saturated heterocycles. The normalized spacial score (nSPS) is 27.0. The van der Waals surface area contributed by atoms with Crippen LogP contribution in [0.2, 0.25) is 0 Å². The molecule has 0 aromatic rings. The predicted octanol–water partition coefficient (Wildman–Crippen LogP) is 1.62. The Morgan fingerprint density at radius 3 is 2.93 bits per heavy atom. The lowest BCUT2D eigenvalue weighted by Crippen LogP contribution is -2.47. The Bertz CT molecular complexity index is 222. The van der Waals surface area contributed by atoms with E-state index in [1.54, 1.807) is 0 Å². The highest BCUT2D eigenvalue weighted by Crippen LogP contribution is 2.25. The minimum atomic E-state index is -0.465. The fraction of sp³-hybridized carbons (Fsp3) is 0.700. The monoisotopic (exact) mass is 261 g/mol. The van der Waals surface area contributed by atoms with Crippen molar-refractivity contribution in [3.05, 3.63) is 12.2 Å². The highest BCUT2D eigenvalue weighted by atomic mass is 79.9. The van der Waals surface area contributed by atoms with Crippen molar-refractivity contribution in [2.24, 2.45) is 0 Å². The van der Waals surface area contributed by atoms with Gasteiger partial charge >= 0.3 is 5.97 Å². The molecule has 1 fully saturated rings. The maximum absolute atomic E-state index is 11.6. The maximum Gasteiger partial charge on any atom is 0.326 e. The second-order valence-electron chi connectivity index (χ2n) is 3.43. The van der Waals surface area contributed by atoms with Crippen molar-refractivity contribution in [3.63, 3.8) is 0 Å². The summed E-state index contributed by atoms with van der Waals surface area (Å²) in [6.07, 6.45) is 6.64. The van der Waals surface area contributed by atoms with Crippen LogP contribution in [0.3, 0.4) is 0 Å². The van der Waals surface area contributed by atoms with Crippen molar-refractivity contribution in [1.29, 1.82) is 0 Å². The van der Waals surface area contributed by atoms with Gasteiger partial charge in [0.05, 0.1) is 7.11 Å². The van der Waals surface area contributed by atoms with Crippen molar-refractivity contribution in [1.82, 2.24) is 5.32 Å². The fourth-order valence-electron chi connectivity index (χ4n) is 1.78. The van der Waals surface area contributed by atoms with Crippen LogP contribution in [0.1, 0.15) is 19.3 Å². The lowest BCUT2D eigenvalue weighted by atomic mass is 9.93. The third-order valence-corrected chi connectivity index (χ3v) is 2.92. The van der Waals surface area contributed by atoms with Crippen molar-refractivity contribution >= 4 is 21.9 Å². The zero-order valence-corrected chi connectivity index (χ0v) is 9.97. The first-order chi connectivity index (χ1) is 6.75. The molecular weight excluding hydrogens is 246 g/mol. The highest BCUT2D eigenvalue weighted by Gasteiger charge is 2.40. The molecule has 4 heteroatoms. The predicted molar refractivity (Wildman–Crippen MR) is 59.5 cm³/mol. The number of methoxy groups -OCH3 is 1. The fourth-order valence-corrected chi connectivity index (χ4v) is 2.05. The van der Waals surface area contributed by atoms with Gasteiger partial charge < -0.3 is 10.1 Å². The number of carbonyl (C=O) groups is 1. The van der Waals surface area contributed by atoms with Gasteiger partial charge in [0.15, 0.2) is 0 Å². The van der Waals surface area contributed by atoms with E-state index in [2.05, 4.69) is 21.2 Å². The van der Waals surface area contributed by atoms with Crippen LogP contribution in [-0.4, -0.2) is 30.5 Å². The van der Waals surface area contributed by atoms with E-state index in [1.165, 1.54) is 7.11 Å². The molecule has 1 aliphatic rings. The van der Waals surface area contributed by atoms with E-state index >= 15 is 0 Å². The van der Waals surface area contributed by atoms with E-state index in [0.29, 0.717) is 6.42 Å². The first-order valence-electron chi connectivity index (χ1n) is 4.79. The average Bonchev–Trinajstić information content (AvgIpc) is 2.67. The van der Waals surface area contributed by atoms with Gasteiger partial charge in [0.1, 0.15) is 5.54 Å². The number of hydrogen-bond donors (Lipinski definition) is 1. The molecule has 0 amide bonds. The molecular formula is C10H16BrNO2. The molecule has 1 N–H and O–H groups in total. The third-order valence-electron chi connectivity index (χ3n) is 2.54. The average molecular weight is 262 g/mol. The highest BCUT2D eigenvalue weighted by molar-refractivity contribution is 9.09. The topological polar surface area (TPSA) is 38.3 Å². The van der Waals surface area contributed by atoms with Crippen LogP contribution in [0.15, 0.2) is 12.2 Å². The van der Waals surface area contributed by atoms with Gasteiger partial charge in [-0.05, 0) is 25.8 Å². The second-order valence-corrected chi connectivity index (χ2v) is 4.08. The molecule has 80 valence electrons. The van der Waals surface area contributed by atoms with Crippen LogP contribution in [-0.2, 0) is 9.53 Å². The van der Waals surface area contributed by atoms with E-state index in [9.17, 15) is 4.79 Å². The van der Waals surface area contributed by atoms with Gasteiger partial charge in [-0.3, -0.25) is 4.79 Å². The van der Waals surface area contributed by atoms with E-state index in [1.807, 2.05) is 12.2 Å². The quantitative estimate of drug-likeness (QED) is 0.475. The Balaban J connectivity index is 2.62. The molecule has 1 heterocycles. The molecule has 0 bridgehead atoms. The van der Waals surface area contributed by atoms with Crippen LogP contribution >= 0.6 is 15.9 Å². The van der Waals surface area contributed by atoms with Gasteiger partial charge in [0, 0.05) is 5.33 Å². The molecule has 0 aromatic heterocycles. The number of ether oxygens (including phenoxy) is 1. The van der Waals surface area contributed by atoms with Gasteiger partial charge in [0.25, 0.3) is 0 Å². The summed E-state index contributed by atoms with van der Waals surface area (Å²) >= 11 is 3.31. The Hall–Kier alpha value is -0.350. The number of rotatable bonds is 4. The van der Waals surface area contributed by atoms with Gasteiger partial charge in [-0.2, -0.15) is 0 Å². The molecule has 0 aliphatic carbocycles. The number of allylic oxidation sites excluding steroid dienone is 1. The molecule has 0 aromatic carbocycles. The zero-order chi connectivity index (χ0) is 10.4. The zero-order valence-electron chi connectivity index (χ0n) is 8.38. The molecule has 1 atom stereocenters. The van der Waals surface area contributed by atoms with Crippen LogP contribution in [0.25, 0.3) is 0 Å². The molecule has 1 rings (SSSR count). The maximum atomic E-state index is 11.6. The summed E-state index contributed by atoms with van der Waals surface area (Å²) in [4.78, 5) is 11.6. The van der Waals surface area contributed by atoms with Crippen LogP contribution < -0.4 is 5.32 Å². The minimum Gasteiger partial charge on any atom is -0.468 e. The summed E-state index contributed by atoms with van der Waals surface area (Å²) in [5.74, 6) is -0.144. The van der Waals surface area contributed by atoms with Crippen LogP contribution in [0, 0.1) is 0 Å². The molecule has 0 spiro atoms. The molecule has 0 saturated carbocycles. The minimum absolute atomic E-state index is 0.144. The SMILES string of the molecule is COC(=O)C1(C/C=C\CBr)CCCN1. The largest absolute Gasteiger partial charge is 0.468 e. The first-order valence-corrected chi connectivity index (χ1v) is 5.92. The van der Waals surface area contributed by atoms with Gasteiger partial charge in [-0.15, -0.1) is 0 Å². The van der Waals surface area contributed by atoms with Crippen LogP contribution in [0.5, 0.6) is 0 Å². The van der Waals surface area contributed by atoms with E-state index < -0.39 is 5.54 Å². The first kappa shape index (κ1) is 11.7. The number of hydrogen-bond acceptors (Lipinski definition) is 3. The summed E-state index contributed by atoms with van der Waals surface area (Å²) < 4.78 is 4.82. The third kappa shape index (κ3) is 2.58.